The second-order valence-electron chi connectivity index (χ2n) is 7.61. The molecule has 0 saturated heterocycles. The molecule has 2 aromatic heterocycles. The summed E-state index contributed by atoms with van der Waals surface area (Å²) in [5.41, 5.74) is 2.23. The maximum absolute atomic E-state index is 11.6. The number of anilines is 2. The van der Waals surface area contributed by atoms with E-state index in [0.29, 0.717) is 39.8 Å². The van der Waals surface area contributed by atoms with Crippen molar-refractivity contribution in [2.45, 2.75) is 6.61 Å². The van der Waals surface area contributed by atoms with E-state index in [1.54, 1.807) is 32.4 Å². The molecule has 2 heterocycles. The second-order valence-corrected chi connectivity index (χ2v) is 8.02. The Hall–Kier alpha value is -4.11. The molecule has 1 N–H and O–H groups in total. The summed E-state index contributed by atoms with van der Waals surface area (Å²) in [6.45, 7) is 0.606. The number of ether oxygens (including phenoxy) is 3. The molecule has 2 aromatic carbocycles. The van der Waals surface area contributed by atoms with E-state index in [9.17, 15) is 4.79 Å². The molecule has 4 rings (SSSR count). The number of benzene rings is 2. The molecule has 0 unspecified atom stereocenters. The molecule has 0 saturated carbocycles. The van der Waals surface area contributed by atoms with Crippen molar-refractivity contribution in [3.8, 4) is 11.5 Å². The Labute approximate surface area is 207 Å². The highest BCUT2D eigenvalue weighted by molar-refractivity contribution is 6.32. The van der Waals surface area contributed by atoms with Gasteiger partial charge in [0.1, 0.15) is 43.5 Å². The normalized spacial score (nSPS) is 10.6. The van der Waals surface area contributed by atoms with Gasteiger partial charge in [0.05, 0.1) is 21.6 Å². The van der Waals surface area contributed by atoms with Crippen LogP contribution >= 0.6 is 11.6 Å². The molecule has 0 aliphatic heterocycles. The summed E-state index contributed by atoms with van der Waals surface area (Å²) in [4.78, 5) is 25.9. The van der Waals surface area contributed by atoms with E-state index in [-0.39, 0.29) is 13.2 Å². The number of hydrogen-bond acceptors (Lipinski definition) is 8. The van der Waals surface area contributed by atoms with Gasteiger partial charge in [-0.2, -0.15) is 0 Å². The average molecular weight is 494 g/mol. The van der Waals surface area contributed by atoms with Crippen LogP contribution in [0.3, 0.4) is 0 Å². The Morgan fingerprint density at radius 2 is 1.86 bits per heavy atom. The van der Waals surface area contributed by atoms with E-state index in [0.717, 1.165) is 11.4 Å². The SMILES string of the molecule is CN(C)C(=O)OCCOc1cccc2ncnc(Nc3ccc(OCc4ccccn4)c(Cl)c3)c12. The fraction of sp³-hybridized carbons (Fsp3) is 0.200. The first-order valence-corrected chi connectivity index (χ1v) is 11.2. The standard InChI is InChI=1S/C25H24ClN5O4/c1-31(2)25(32)34-13-12-33-22-8-5-7-20-23(22)24(29-16-28-20)30-17-9-10-21(19(26)14-17)35-15-18-6-3-4-11-27-18/h3-11,14,16H,12-13,15H2,1-2H3,(H,28,29,30). The van der Waals surface area contributed by atoms with Crippen molar-refractivity contribution in [1.82, 2.24) is 19.9 Å². The monoisotopic (exact) mass is 493 g/mol. The first-order chi connectivity index (χ1) is 17.0. The minimum Gasteiger partial charge on any atom is -0.489 e. The van der Waals surface area contributed by atoms with Crippen molar-refractivity contribution >= 4 is 40.1 Å². The Kier molecular flexibility index (Phi) is 7.79. The van der Waals surface area contributed by atoms with Crippen LogP contribution in [0, 0.1) is 0 Å². The summed E-state index contributed by atoms with van der Waals surface area (Å²) >= 11 is 6.46. The average Bonchev–Trinajstić information content (AvgIpc) is 2.86. The maximum Gasteiger partial charge on any atom is 0.409 e. The van der Waals surface area contributed by atoms with Crippen LogP contribution in [-0.4, -0.2) is 53.3 Å². The van der Waals surface area contributed by atoms with Gasteiger partial charge in [0.25, 0.3) is 0 Å². The molecule has 0 spiro atoms. The first kappa shape index (κ1) is 24.0. The van der Waals surface area contributed by atoms with Crippen molar-refractivity contribution in [2.75, 3.05) is 32.6 Å². The van der Waals surface area contributed by atoms with Gasteiger partial charge in [0.2, 0.25) is 0 Å². The van der Waals surface area contributed by atoms with Crippen molar-refractivity contribution in [3.05, 3.63) is 77.8 Å². The maximum atomic E-state index is 11.6. The molecule has 0 aliphatic rings. The first-order valence-electron chi connectivity index (χ1n) is 10.8. The number of carbonyl (C=O) groups excluding carboxylic acids is 1. The van der Waals surface area contributed by atoms with Crippen LogP contribution in [0.2, 0.25) is 5.02 Å². The van der Waals surface area contributed by atoms with Crippen LogP contribution in [-0.2, 0) is 11.3 Å². The highest BCUT2D eigenvalue weighted by Crippen LogP contribution is 2.34. The Bertz CT molecular complexity index is 1300. The highest BCUT2D eigenvalue weighted by Gasteiger charge is 2.12. The smallest absolute Gasteiger partial charge is 0.409 e. The summed E-state index contributed by atoms with van der Waals surface area (Å²) < 4.78 is 16.8. The fourth-order valence-corrected chi connectivity index (χ4v) is 3.41. The lowest BCUT2D eigenvalue weighted by atomic mass is 10.2. The second kappa shape index (κ2) is 11.3. The lowest BCUT2D eigenvalue weighted by Crippen LogP contribution is -2.24. The number of nitrogens with zero attached hydrogens (tertiary/aromatic N) is 4. The van der Waals surface area contributed by atoms with E-state index < -0.39 is 6.09 Å². The number of halogens is 1. The Balaban J connectivity index is 1.47. The van der Waals surface area contributed by atoms with E-state index in [4.69, 9.17) is 25.8 Å². The van der Waals surface area contributed by atoms with E-state index in [1.807, 2.05) is 42.5 Å². The van der Waals surface area contributed by atoms with Gasteiger partial charge in [-0.25, -0.2) is 14.8 Å². The molecule has 0 radical (unpaired) electrons. The number of carbonyl (C=O) groups is 1. The molecular weight excluding hydrogens is 470 g/mol. The third-order valence-electron chi connectivity index (χ3n) is 4.85. The number of fused-ring (bicyclic) bond motifs is 1. The van der Waals surface area contributed by atoms with Crippen molar-refractivity contribution in [1.29, 1.82) is 0 Å². The van der Waals surface area contributed by atoms with Crippen molar-refractivity contribution in [3.63, 3.8) is 0 Å². The van der Waals surface area contributed by atoms with Gasteiger partial charge in [-0.15, -0.1) is 0 Å². The van der Waals surface area contributed by atoms with Gasteiger partial charge in [0, 0.05) is 26.0 Å². The van der Waals surface area contributed by atoms with Crippen LogP contribution in [0.4, 0.5) is 16.3 Å². The zero-order chi connectivity index (χ0) is 24.6. The summed E-state index contributed by atoms with van der Waals surface area (Å²) in [6.07, 6.45) is 2.76. The topological polar surface area (TPSA) is 98.7 Å². The van der Waals surface area contributed by atoms with Crippen molar-refractivity contribution < 1.29 is 19.0 Å². The number of aromatic nitrogens is 3. The summed E-state index contributed by atoms with van der Waals surface area (Å²) in [5.74, 6) is 1.66. The van der Waals surface area contributed by atoms with Gasteiger partial charge < -0.3 is 24.4 Å². The van der Waals surface area contributed by atoms with Crippen LogP contribution in [0.25, 0.3) is 10.9 Å². The fourth-order valence-electron chi connectivity index (χ4n) is 3.17. The summed E-state index contributed by atoms with van der Waals surface area (Å²) in [5, 5.41) is 4.42. The van der Waals surface area contributed by atoms with Crippen LogP contribution in [0.15, 0.2) is 67.1 Å². The van der Waals surface area contributed by atoms with Crippen LogP contribution in [0.5, 0.6) is 11.5 Å². The lowest BCUT2D eigenvalue weighted by molar-refractivity contribution is 0.102. The summed E-state index contributed by atoms with van der Waals surface area (Å²) in [7, 11) is 3.24. The Morgan fingerprint density at radius 3 is 2.63 bits per heavy atom. The molecular formula is C25H24ClN5O4. The zero-order valence-corrected chi connectivity index (χ0v) is 20.0. The molecule has 0 fully saturated rings. The molecule has 180 valence electrons. The summed E-state index contributed by atoms with van der Waals surface area (Å²) in [6, 6.07) is 16.5. The van der Waals surface area contributed by atoms with E-state index in [2.05, 4.69) is 20.3 Å². The lowest BCUT2D eigenvalue weighted by Gasteiger charge is -2.15. The minimum atomic E-state index is -0.429. The third kappa shape index (κ3) is 6.27. The van der Waals surface area contributed by atoms with Gasteiger partial charge >= 0.3 is 6.09 Å². The van der Waals surface area contributed by atoms with Crippen LogP contribution in [0.1, 0.15) is 5.69 Å². The molecule has 9 nitrogen and oxygen atoms in total. The molecule has 35 heavy (non-hydrogen) atoms. The third-order valence-corrected chi connectivity index (χ3v) is 5.15. The van der Waals surface area contributed by atoms with Gasteiger partial charge in [-0.1, -0.05) is 23.7 Å². The number of nitrogens with one attached hydrogen (secondary N) is 1. The van der Waals surface area contributed by atoms with E-state index in [1.165, 1.54) is 11.2 Å². The Morgan fingerprint density at radius 1 is 0.971 bits per heavy atom. The molecule has 10 heteroatoms. The van der Waals surface area contributed by atoms with E-state index >= 15 is 0 Å². The quantitative estimate of drug-likeness (QED) is 0.322. The molecule has 1 amide bonds. The number of amides is 1. The highest BCUT2D eigenvalue weighted by atomic mass is 35.5. The number of rotatable bonds is 9. The largest absolute Gasteiger partial charge is 0.489 e. The van der Waals surface area contributed by atoms with Crippen molar-refractivity contribution in [2.24, 2.45) is 0 Å². The molecule has 0 bridgehead atoms. The predicted octanol–water partition coefficient (Wildman–Crippen LogP) is 5.08. The number of hydrogen-bond donors (Lipinski definition) is 1. The minimum absolute atomic E-state index is 0.111. The van der Waals surface area contributed by atoms with Gasteiger partial charge in [-0.3, -0.25) is 4.98 Å². The van der Waals surface area contributed by atoms with Gasteiger partial charge in [-0.05, 0) is 42.5 Å². The zero-order valence-electron chi connectivity index (χ0n) is 19.3. The number of pyridine rings is 1. The van der Waals surface area contributed by atoms with Crippen LogP contribution < -0.4 is 14.8 Å². The molecule has 0 aliphatic carbocycles. The molecule has 4 aromatic rings. The molecule has 0 atom stereocenters. The van der Waals surface area contributed by atoms with Gasteiger partial charge in [0.15, 0.2) is 0 Å². The predicted molar refractivity (Wildman–Crippen MR) is 133 cm³/mol.